The molecule has 0 atom stereocenters. The van der Waals surface area contributed by atoms with Crippen molar-refractivity contribution in [2.75, 3.05) is 5.75 Å². The lowest BCUT2D eigenvalue weighted by molar-refractivity contribution is -0.118. The second-order valence-electron chi connectivity index (χ2n) is 6.97. The molecule has 2 aromatic carbocycles. The van der Waals surface area contributed by atoms with E-state index in [1.807, 2.05) is 84.3 Å². The fourth-order valence-corrected chi connectivity index (χ4v) is 3.83. The van der Waals surface area contributed by atoms with Crippen LogP contribution in [-0.2, 0) is 4.79 Å². The number of carbonyl (C=O) groups excluding carboxylic acids is 1. The number of allylic oxidation sites excluding steroid dienone is 1. The minimum atomic E-state index is -0.252. The molecule has 0 bridgehead atoms. The number of carbonyl (C=O) groups is 1. The first-order valence-corrected chi connectivity index (χ1v) is 11.4. The van der Waals surface area contributed by atoms with E-state index in [4.69, 9.17) is 16.0 Å². The van der Waals surface area contributed by atoms with Crippen molar-refractivity contribution >= 4 is 41.6 Å². The van der Waals surface area contributed by atoms with Crippen molar-refractivity contribution in [1.82, 2.24) is 20.2 Å². The topological polar surface area (TPSA) is 85.3 Å². The number of hydrogen-bond donors (Lipinski definition) is 1. The van der Waals surface area contributed by atoms with Crippen LogP contribution in [0.15, 0.2) is 93.2 Å². The van der Waals surface area contributed by atoms with E-state index in [9.17, 15) is 4.79 Å². The number of para-hydroxylation sites is 1. The summed E-state index contributed by atoms with van der Waals surface area (Å²) in [5.74, 6) is 1.26. The molecule has 0 unspecified atom stereocenters. The van der Waals surface area contributed by atoms with Crippen molar-refractivity contribution in [3.05, 3.63) is 89.3 Å². The SMILES string of the molecule is CC(/C=N\NC(=O)CSc1nnc(-c2ccc(Cl)cc2)n1-c1ccccc1)=C\c1ccco1. The number of nitrogens with zero attached hydrogens (tertiary/aromatic N) is 4. The molecule has 166 valence electrons. The van der Waals surface area contributed by atoms with Gasteiger partial charge in [0.05, 0.1) is 18.2 Å². The molecule has 0 aliphatic heterocycles. The zero-order valence-electron chi connectivity index (χ0n) is 17.7. The number of furan rings is 1. The van der Waals surface area contributed by atoms with Gasteiger partial charge in [0, 0.05) is 16.3 Å². The average molecular weight is 478 g/mol. The number of amides is 1. The number of halogens is 1. The minimum Gasteiger partial charge on any atom is -0.465 e. The van der Waals surface area contributed by atoms with Gasteiger partial charge in [-0.15, -0.1) is 10.2 Å². The van der Waals surface area contributed by atoms with Crippen molar-refractivity contribution in [3.63, 3.8) is 0 Å². The highest BCUT2D eigenvalue weighted by Gasteiger charge is 2.17. The number of rotatable bonds is 8. The zero-order chi connectivity index (χ0) is 23.0. The molecule has 0 aliphatic rings. The highest BCUT2D eigenvalue weighted by atomic mass is 35.5. The third-order valence-corrected chi connectivity index (χ3v) is 5.63. The maximum atomic E-state index is 12.3. The number of thioether (sulfide) groups is 1. The molecule has 4 rings (SSSR count). The van der Waals surface area contributed by atoms with Crippen LogP contribution in [0.5, 0.6) is 0 Å². The summed E-state index contributed by atoms with van der Waals surface area (Å²) in [4.78, 5) is 12.3. The van der Waals surface area contributed by atoms with E-state index in [1.54, 1.807) is 12.5 Å². The summed E-state index contributed by atoms with van der Waals surface area (Å²) in [5.41, 5.74) is 5.14. The van der Waals surface area contributed by atoms with Crippen LogP contribution in [-0.4, -0.2) is 32.6 Å². The third kappa shape index (κ3) is 6.00. The normalized spacial score (nSPS) is 11.8. The van der Waals surface area contributed by atoms with Crippen molar-refractivity contribution < 1.29 is 9.21 Å². The summed E-state index contributed by atoms with van der Waals surface area (Å²) in [5, 5.41) is 13.9. The molecule has 7 nitrogen and oxygen atoms in total. The van der Waals surface area contributed by atoms with Gasteiger partial charge in [0.25, 0.3) is 5.91 Å². The highest BCUT2D eigenvalue weighted by Crippen LogP contribution is 2.28. The lowest BCUT2D eigenvalue weighted by atomic mass is 10.2. The number of aromatic nitrogens is 3. The fraction of sp³-hybridized carbons (Fsp3) is 0.0833. The Hall–Kier alpha value is -3.62. The van der Waals surface area contributed by atoms with E-state index in [0.29, 0.717) is 16.0 Å². The summed E-state index contributed by atoms with van der Waals surface area (Å²) >= 11 is 7.31. The molecule has 0 saturated carbocycles. The first-order chi connectivity index (χ1) is 16.1. The molecule has 0 aliphatic carbocycles. The predicted molar refractivity (Wildman–Crippen MR) is 132 cm³/mol. The lowest BCUT2D eigenvalue weighted by Gasteiger charge is -2.10. The summed E-state index contributed by atoms with van der Waals surface area (Å²) in [6, 6.07) is 20.8. The quantitative estimate of drug-likeness (QED) is 0.206. The van der Waals surface area contributed by atoms with Crippen LogP contribution in [0.4, 0.5) is 0 Å². The van der Waals surface area contributed by atoms with Crippen molar-refractivity contribution in [1.29, 1.82) is 0 Å². The van der Waals surface area contributed by atoms with Gasteiger partial charge in [-0.25, -0.2) is 5.43 Å². The summed E-state index contributed by atoms with van der Waals surface area (Å²) in [6.07, 6.45) is 4.99. The van der Waals surface area contributed by atoms with Gasteiger partial charge in [-0.3, -0.25) is 9.36 Å². The smallest absolute Gasteiger partial charge is 0.250 e. The van der Waals surface area contributed by atoms with Crippen molar-refractivity contribution in [2.24, 2.45) is 5.10 Å². The molecule has 1 N–H and O–H groups in total. The Balaban J connectivity index is 1.46. The summed E-state index contributed by atoms with van der Waals surface area (Å²) in [7, 11) is 0. The Labute approximate surface area is 200 Å². The molecule has 0 radical (unpaired) electrons. The monoisotopic (exact) mass is 477 g/mol. The van der Waals surface area contributed by atoms with Gasteiger partial charge in [-0.05, 0) is 67.1 Å². The van der Waals surface area contributed by atoms with Crippen LogP contribution in [0.1, 0.15) is 12.7 Å². The van der Waals surface area contributed by atoms with E-state index in [1.165, 1.54) is 11.8 Å². The Morgan fingerprint density at radius 2 is 1.91 bits per heavy atom. The second kappa shape index (κ2) is 10.8. The average Bonchev–Trinajstić information content (AvgIpc) is 3.49. The number of benzene rings is 2. The molecular formula is C24H20ClN5O2S. The predicted octanol–water partition coefficient (Wildman–Crippen LogP) is 5.48. The molecule has 0 saturated heterocycles. The van der Waals surface area contributed by atoms with E-state index < -0.39 is 0 Å². The van der Waals surface area contributed by atoms with Gasteiger partial charge in [-0.2, -0.15) is 5.10 Å². The Bertz CT molecular complexity index is 1270. The van der Waals surface area contributed by atoms with Crippen LogP contribution in [0, 0.1) is 0 Å². The summed E-state index contributed by atoms with van der Waals surface area (Å²) < 4.78 is 7.17. The minimum absolute atomic E-state index is 0.129. The largest absolute Gasteiger partial charge is 0.465 e. The van der Waals surface area contributed by atoms with E-state index in [-0.39, 0.29) is 11.7 Å². The van der Waals surface area contributed by atoms with Gasteiger partial charge < -0.3 is 4.42 Å². The number of hydrazone groups is 1. The molecule has 9 heteroatoms. The molecule has 33 heavy (non-hydrogen) atoms. The standard InChI is InChI=1S/C24H20ClN5O2S/c1-17(14-21-8-5-13-32-21)15-26-27-22(31)16-33-24-29-28-23(18-9-11-19(25)12-10-18)30(24)20-6-3-2-4-7-20/h2-15H,16H2,1H3,(H,27,31)/b17-14+,26-15-. The van der Waals surface area contributed by atoms with Gasteiger partial charge in [0.2, 0.25) is 0 Å². The fourth-order valence-electron chi connectivity index (χ4n) is 2.96. The molecule has 0 spiro atoms. The van der Waals surface area contributed by atoms with Gasteiger partial charge in [-0.1, -0.05) is 41.6 Å². The van der Waals surface area contributed by atoms with Crippen LogP contribution in [0.2, 0.25) is 5.02 Å². The maximum Gasteiger partial charge on any atom is 0.250 e. The number of nitrogens with one attached hydrogen (secondary N) is 1. The molecule has 1 amide bonds. The summed E-state index contributed by atoms with van der Waals surface area (Å²) in [6.45, 7) is 1.87. The van der Waals surface area contributed by atoms with Gasteiger partial charge in [0.1, 0.15) is 5.76 Å². The van der Waals surface area contributed by atoms with Crippen LogP contribution in [0.3, 0.4) is 0 Å². The molecule has 2 aromatic heterocycles. The Kier molecular flexibility index (Phi) is 7.39. The first kappa shape index (κ1) is 22.6. The Morgan fingerprint density at radius 1 is 1.12 bits per heavy atom. The zero-order valence-corrected chi connectivity index (χ0v) is 19.3. The molecule has 2 heterocycles. The Morgan fingerprint density at radius 3 is 2.64 bits per heavy atom. The maximum absolute atomic E-state index is 12.3. The first-order valence-electron chi connectivity index (χ1n) is 10.0. The van der Waals surface area contributed by atoms with Crippen LogP contribution < -0.4 is 5.43 Å². The molecular weight excluding hydrogens is 458 g/mol. The second-order valence-corrected chi connectivity index (χ2v) is 8.35. The van der Waals surface area contributed by atoms with Gasteiger partial charge >= 0.3 is 0 Å². The van der Waals surface area contributed by atoms with E-state index >= 15 is 0 Å². The van der Waals surface area contributed by atoms with Gasteiger partial charge in [0.15, 0.2) is 11.0 Å². The number of hydrogen-bond acceptors (Lipinski definition) is 6. The highest BCUT2D eigenvalue weighted by molar-refractivity contribution is 7.99. The third-order valence-electron chi connectivity index (χ3n) is 4.45. The lowest BCUT2D eigenvalue weighted by Crippen LogP contribution is -2.20. The van der Waals surface area contributed by atoms with Crippen LogP contribution in [0.25, 0.3) is 23.2 Å². The van der Waals surface area contributed by atoms with Crippen molar-refractivity contribution in [2.45, 2.75) is 12.1 Å². The van der Waals surface area contributed by atoms with E-state index in [2.05, 4.69) is 20.7 Å². The van der Waals surface area contributed by atoms with Crippen LogP contribution >= 0.6 is 23.4 Å². The molecule has 0 fully saturated rings. The molecule has 4 aromatic rings. The van der Waals surface area contributed by atoms with Crippen molar-refractivity contribution in [3.8, 4) is 17.1 Å². The van der Waals surface area contributed by atoms with E-state index in [0.717, 1.165) is 22.6 Å².